The molecule has 0 atom stereocenters. The van der Waals surface area contributed by atoms with E-state index < -0.39 is 23.1 Å². The fourth-order valence-electron chi connectivity index (χ4n) is 4.09. The number of amides is 1. The average molecular weight is 417 g/mol. The van der Waals surface area contributed by atoms with Crippen molar-refractivity contribution in [3.05, 3.63) is 53.1 Å². The molecule has 6 nitrogen and oxygen atoms in total. The lowest BCUT2D eigenvalue weighted by Gasteiger charge is -2.44. The van der Waals surface area contributed by atoms with E-state index in [1.165, 1.54) is 19.1 Å². The summed E-state index contributed by atoms with van der Waals surface area (Å²) < 4.78 is 44.4. The van der Waals surface area contributed by atoms with E-state index in [4.69, 9.17) is 14.2 Å². The fourth-order valence-corrected chi connectivity index (χ4v) is 4.09. The van der Waals surface area contributed by atoms with Crippen molar-refractivity contribution in [1.29, 1.82) is 0 Å². The minimum atomic E-state index is -0.791. The van der Waals surface area contributed by atoms with Crippen LogP contribution in [0.15, 0.2) is 30.3 Å². The molecule has 0 saturated carbocycles. The second-order valence-electron chi connectivity index (χ2n) is 7.48. The van der Waals surface area contributed by atoms with Crippen LogP contribution in [0.1, 0.15) is 40.0 Å². The van der Waals surface area contributed by atoms with Gasteiger partial charge in [-0.15, -0.1) is 0 Å². The van der Waals surface area contributed by atoms with Crippen LogP contribution in [-0.4, -0.2) is 49.5 Å². The molecule has 30 heavy (non-hydrogen) atoms. The molecule has 1 saturated heterocycles. The number of piperidine rings is 1. The van der Waals surface area contributed by atoms with Crippen molar-refractivity contribution in [1.82, 2.24) is 4.90 Å². The van der Waals surface area contributed by atoms with Gasteiger partial charge in [0, 0.05) is 25.9 Å². The summed E-state index contributed by atoms with van der Waals surface area (Å²) in [7, 11) is 2.97. The van der Waals surface area contributed by atoms with Crippen LogP contribution in [0.2, 0.25) is 0 Å². The molecular formula is C22H21F2NO5. The van der Waals surface area contributed by atoms with Gasteiger partial charge in [-0.1, -0.05) is 0 Å². The average Bonchev–Trinajstić information content (AvgIpc) is 2.74. The molecular weight excluding hydrogens is 396 g/mol. The van der Waals surface area contributed by atoms with Crippen LogP contribution in [0.3, 0.4) is 0 Å². The number of nitrogens with zero attached hydrogens (tertiary/aromatic N) is 1. The third-order valence-electron chi connectivity index (χ3n) is 5.72. The van der Waals surface area contributed by atoms with Crippen LogP contribution in [0.5, 0.6) is 17.2 Å². The summed E-state index contributed by atoms with van der Waals surface area (Å²) in [6, 6.07) is 6.12. The Morgan fingerprint density at radius 1 is 1.10 bits per heavy atom. The van der Waals surface area contributed by atoms with E-state index in [0.717, 1.165) is 18.2 Å². The van der Waals surface area contributed by atoms with Crippen LogP contribution < -0.4 is 14.2 Å². The minimum Gasteiger partial charge on any atom is -0.493 e. The molecule has 0 aromatic heterocycles. The molecule has 0 aliphatic carbocycles. The van der Waals surface area contributed by atoms with Gasteiger partial charge in [0.1, 0.15) is 17.2 Å². The Labute approximate surface area is 172 Å². The molecule has 1 amide bonds. The first kappa shape index (κ1) is 20.1. The number of rotatable bonds is 3. The lowest BCUT2D eigenvalue weighted by atomic mass is 9.82. The third kappa shape index (κ3) is 3.36. The Hall–Kier alpha value is -3.16. The number of ether oxygens (including phenoxy) is 3. The maximum Gasteiger partial charge on any atom is 0.256 e. The molecule has 2 aromatic rings. The van der Waals surface area contributed by atoms with Crippen molar-refractivity contribution in [2.45, 2.75) is 24.9 Å². The summed E-state index contributed by atoms with van der Waals surface area (Å²) in [5.41, 5.74) is -0.664. The Bertz CT molecular complexity index is 1010. The van der Waals surface area contributed by atoms with Crippen molar-refractivity contribution in [3.63, 3.8) is 0 Å². The smallest absolute Gasteiger partial charge is 0.256 e. The number of carbonyl (C=O) groups is 2. The number of halogens is 2. The second-order valence-corrected chi connectivity index (χ2v) is 7.48. The van der Waals surface area contributed by atoms with Crippen molar-refractivity contribution in [3.8, 4) is 17.2 Å². The SMILES string of the molecule is COc1ccc2c(c1OC)OC1(CCN(C(=O)c3cc(F)ccc3F)CC1)CC2=O. The molecule has 4 rings (SSSR count). The van der Waals surface area contributed by atoms with E-state index >= 15 is 0 Å². The molecule has 1 fully saturated rings. The van der Waals surface area contributed by atoms with Gasteiger partial charge in [0.15, 0.2) is 17.3 Å². The van der Waals surface area contributed by atoms with Gasteiger partial charge < -0.3 is 19.1 Å². The maximum absolute atomic E-state index is 14.0. The normalized spacial score (nSPS) is 17.3. The number of fused-ring (bicyclic) bond motifs is 1. The predicted molar refractivity (Wildman–Crippen MR) is 103 cm³/mol. The van der Waals surface area contributed by atoms with E-state index in [1.54, 1.807) is 12.1 Å². The zero-order valence-electron chi connectivity index (χ0n) is 16.7. The zero-order chi connectivity index (χ0) is 21.5. The molecule has 0 N–H and O–H groups in total. The number of ketones is 1. The lowest BCUT2D eigenvalue weighted by molar-refractivity contribution is -0.00755. The largest absolute Gasteiger partial charge is 0.493 e. The van der Waals surface area contributed by atoms with Gasteiger partial charge in [0.25, 0.3) is 5.91 Å². The number of hydrogen-bond donors (Lipinski definition) is 0. The van der Waals surface area contributed by atoms with Crippen LogP contribution >= 0.6 is 0 Å². The van der Waals surface area contributed by atoms with E-state index in [0.29, 0.717) is 35.7 Å². The molecule has 8 heteroatoms. The summed E-state index contributed by atoms with van der Waals surface area (Å²) in [5.74, 6) is -0.956. The van der Waals surface area contributed by atoms with Gasteiger partial charge in [0.05, 0.1) is 31.8 Å². The summed E-state index contributed by atoms with van der Waals surface area (Å²) >= 11 is 0. The van der Waals surface area contributed by atoms with Crippen LogP contribution in [-0.2, 0) is 0 Å². The number of likely N-dealkylation sites (tertiary alicyclic amines) is 1. The minimum absolute atomic E-state index is 0.0758. The topological polar surface area (TPSA) is 65.1 Å². The Morgan fingerprint density at radius 2 is 1.83 bits per heavy atom. The number of methoxy groups -OCH3 is 2. The van der Waals surface area contributed by atoms with Crippen LogP contribution in [0.25, 0.3) is 0 Å². The fraction of sp³-hybridized carbons (Fsp3) is 0.364. The zero-order valence-corrected chi connectivity index (χ0v) is 16.7. The van der Waals surface area contributed by atoms with Crippen molar-refractivity contribution >= 4 is 11.7 Å². The molecule has 2 aliphatic rings. The Balaban J connectivity index is 1.56. The summed E-state index contributed by atoms with van der Waals surface area (Å²) in [6.45, 7) is 0.507. The van der Waals surface area contributed by atoms with Gasteiger partial charge in [-0.2, -0.15) is 0 Å². The number of Topliss-reactive ketones (excluding diaryl/α,β-unsaturated/α-hetero) is 1. The van der Waals surface area contributed by atoms with Gasteiger partial charge in [-0.3, -0.25) is 9.59 Å². The van der Waals surface area contributed by atoms with Gasteiger partial charge >= 0.3 is 0 Å². The number of benzene rings is 2. The van der Waals surface area contributed by atoms with Crippen molar-refractivity contribution in [2.24, 2.45) is 0 Å². The van der Waals surface area contributed by atoms with Crippen molar-refractivity contribution in [2.75, 3.05) is 27.3 Å². The van der Waals surface area contributed by atoms with Crippen molar-refractivity contribution < 1.29 is 32.6 Å². The third-order valence-corrected chi connectivity index (χ3v) is 5.72. The Kier molecular flexibility index (Phi) is 5.09. The highest BCUT2D eigenvalue weighted by atomic mass is 19.1. The molecule has 1 spiro atoms. The predicted octanol–water partition coefficient (Wildman–Crippen LogP) is 3.62. The van der Waals surface area contributed by atoms with E-state index in [-0.39, 0.29) is 30.9 Å². The molecule has 2 heterocycles. The summed E-state index contributed by atoms with van der Waals surface area (Å²) in [4.78, 5) is 26.9. The number of hydrogen-bond acceptors (Lipinski definition) is 5. The molecule has 0 bridgehead atoms. The van der Waals surface area contributed by atoms with Gasteiger partial charge in [-0.05, 0) is 30.3 Å². The van der Waals surface area contributed by atoms with Crippen LogP contribution in [0, 0.1) is 11.6 Å². The van der Waals surface area contributed by atoms with Gasteiger partial charge in [0.2, 0.25) is 5.75 Å². The molecule has 2 aromatic carbocycles. The first-order chi connectivity index (χ1) is 14.4. The van der Waals surface area contributed by atoms with Gasteiger partial charge in [-0.25, -0.2) is 8.78 Å². The standard InChI is InChI=1S/C22H21F2NO5/c1-28-18-6-4-14-17(26)12-22(30-19(14)20(18)29-2)7-9-25(10-8-22)21(27)15-11-13(23)3-5-16(15)24/h3-6,11H,7-10,12H2,1-2H3. The first-order valence-corrected chi connectivity index (χ1v) is 9.59. The monoisotopic (exact) mass is 417 g/mol. The highest BCUT2D eigenvalue weighted by molar-refractivity contribution is 6.01. The first-order valence-electron chi connectivity index (χ1n) is 9.59. The summed E-state index contributed by atoms with van der Waals surface area (Å²) in [5, 5.41) is 0. The van der Waals surface area contributed by atoms with E-state index in [1.807, 2.05) is 0 Å². The second kappa shape index (κ2) is 7.59. The molecule has 158 valence electrons. The molecule has 0 radical (unpaired) electrons. The highest BCUT2D eigenvalue weighted by Crippen LogP contribution is 2.47. The van der Waals surface area contributed by atoms with E-state index in [2.05, 4.69) is 0 Å². The number of carbonyl (C=O) groups excluding carboxylic acids is 2. The quantitative estimate of drug-likeness (QED) is 0.763. The molecule has 0 unspecified atom stereocenters. The Morgan fingerprint density at radius 3 is 2.50 bits per heavy atom. The lowest BCUT2D eigenvalue weighted by Crippen LogP contribution is -2.52. The van der Waals surface area contributed by atoms with Crippen LogP contribution in [0.4, 0.5) is 8.78 Å². The highest BCUT2D eigenvalue weighted by Gasteiger charge is 2.45. The maximum atomic E-state index is 14.0. The summed E-state index contributed by atoms with van der Waals surface area (Å²) in [6.07, 6.45) is 0.925. The molecule has 2 aliphatic heterocycles. The van der Waals surface area contributed by atoms with E-state index in [9.17, 15) is 18.4 Å².